The summed E-state index contributed by atoms with van der Waals surface area (Å²) in [5.74, 6) is 4.25. The standard InChI is InChI=1S/C13H23NO/c1-4-10-15-11-9-14-7-5-13(6-8-14)12(2)3/h1,12-13H,5-11H2,2-3H3. The van der Waals surface area contributed by atoms with Gasteiger partial charge in [-0.15, -0.1) is 6.42 Å². The molecule has 0 aromatic carbocycles. The molecule has 0 spiro atoms. The summed E-state index contributed by atoms with van der Waals surface area (Å²) in [5, 5.41) is 0. The molecule has 15 heavy (non-hydrogen) atoms. The van der Waals surface area contributed by atoms with Gasteiger partial charge in [0, 0.05) is 6.54 Å². The first kappa shape index (κ1) is 12.5. The lowest BCUT2D eigenvalue weighted by Gasteiger charge is -2.33. The van der Waals surface area contributed by atoms with Crippen molar-refractivity contribution in [2.45, 2.75) is 26.7 Å². The number of rotatable bonds is 5. The first-order valence-corrected chi connectivity index (χ1v) is 5.97. The summed E-state index contributed by atoms with van der Waals surface area (Å²) in [6.07, 6.45) is 7.79. The fourth-order valence-electron chi connectivity index (χ4n) is 2.17. The Hall–Kier alpha value is -0.520. The van der Waals surface area contributed by atoms with Crippen molar-refractivity contribution in [3.63, 3.8) is 0 Å². The monoisotopic (exact) mass is 209 g/mol. The van der Waals surface area contributed by atoms with E-state index in [4.69, 9.17) is 11.2 Å². The van der Waals surface area contributed by atoms with Crippen molar-refractivity contribution in [2.75, 3.05) is 32.8 Å². The Kier molecular flexibility index (Phi) is 5.75. The van der Waals surface area contributed by atoms with Gasteiger partial charge in [-0.25, -0.2) is 0 Å². The van der Waals surface area contributed by atoms with E-state index >= 15 is 0 Å². The third-order valence-electron chi connectivity index (χ3n) is 3.31. The summed E-state index contributed by atoms with van der Waals surface area (Å²) in [6.45, 7) is 9.36. The van der Waals surface area contributed by atoms with Gasteiger partial charge in [0.25, 0.3) is 0 Å². The van der Waals surface area contributed by atoms with Crippen LogP contribution in [0.3, 0.4) is 0 Å². The van der Waals surface area contributed by atoms with Gasteiger partial charge in [-0.3, -0.25) is 0 Å². The molecule has 1 fully saturated rings. The van der Waals surface area contributed by atoms with E-state index in [1.807, 2.05) is 0 Å². The summed E-state index contributed by atoms with van der Waals surface area (Å²) in [6, 6.07) is 0. The summed E-state index contributed by atoms with van der Waals surface area (Å²) in [4.78, 5) is 2.48. The van der Waals surface area contributed by atoms with Crippen LogP contribution in [-0.4, -0.2) is 37.7 Å². The molecule has 86 valence electrons. The first-order chi connectivity index (χ1) is 7.24. The van der Waals surface area contributed by atoms with Crippen molar-refractivity contribution in [3.05, 3.63) is 0 Å². The topological polar surface area (TPSA) is 12.5 Å². The van der Waals surface area contributed by atoms with Crippen molar-refractivity contribution in [3.8, 4) is 12.3 Å². The predicted octanol–water partition coefficient (Wildman–Crippen LogP) is 2.00. The molecule has 1 aliphatic heterocycles. The number of piperidine rings is 1. The van der Waals surface area contributed by atoms with E-state index in [1.54, 1.807) is 0 Å². The lowest BCUT2D eigenvalue weighted by Crippen LogP contribution is -2.37. The van der Waals surface area contributed by atoms with Gasteiger partial charge in [-0.05, 0) is 37.8 Å². The molecule has 2 nitrogen and oxygen atoms in total. The van der Waals surface area contributed by atoms with Gasteiger partial charge in [-0.2, -0.15) is 0 Å². The van der Waals surface area contributed by atoms with E-state index in [0.29, 0.717) is 6.61 Å². The van der Waals surface area contributed by atoms with Crippen LogP contribution in [0, 0.1) is 24.2 Å². The highest BCUT2D eigenvalue weighted by molar-refractivity contribution is 4.83. The highest BCUT2D eigenvalue weighted by Gasteiger charge is 2.20. The van der Waals surface area contributed by atoms with Crippen molar-refractivity contribution < 1.29 is 4.74 Å². The maximum Gasteiger partial charge on any atom is 0.107 e. The average molecular weight is 209 g/mol. The quantitative estimate of drug-likeness (QED) is 0.507. The van der Waals surface area contributed by atoms with E-state index in [-0.39, 0.29) is 0 Å². The molecule has 1 heterocycles. The molecular weight excluding hydrogens is 186 g/mol. The van der Waals surface area contributed by atoms with Gasteiger partial charge < -0.3 is 9.64 Å². The zero-order chi connectivity index (χ0) is 11.1. The van der Waals surface area contributed by atoms with Crippen LogP contribution in [0.15, 0.2) is 0 Å². The second-order valence-corrected chi connectivity index (χ2v) is 4.68. The summed E-state index contributed by atoms with van der Waals surface area (Å²) < 4.78 is 5.28. The Morgan fingerprint density at radius 1 is 1.40 bits per heavy atom. The van der Waals surface area contributed by atoms with Crippen LogP contribution in [-0.2, 0) is 4.74 Å². The maximum absolute atomic E-state index is 5.28. The number of terminal acetylenes is 1. The third kappa shape index (κ3) is 4.68. The van der Waals surface area contributed by atoms with Gasteiger partial charge in [0.2, 0.25) is 0 Å². The number of likely N-dealkylation sites (tertiary alicyclic amines) is 1. The lowest BCUT2D eigenvalue weighted by molar-refractivity contribution is 0.0980. The summed E-state index contributed by atoms with van der Waals surface area (Å²) >= 11 is 0. The molecule has 0 radical (unpaired) electrons. The molecule has 0 N–H and O–H groups in total. The van der Waals surface area contributed by atoms with Gasteiger partial charge >= 0.3 is 0 Å². The molecule has 0 aromatic rings. The number of hydrogen-bond acceptors (Lipinski definition) is 2. The van der Waals surface area contributed by atoms with E-state index < -0.39 is 0 Å². The number of nitrogens with zero attached hydrogens (tertiary/aromatic N) is 1. The Balaban J connectivity index is 2.07. The minimum absolute atomic E-state index is 0.447. The second kappa shape index (κ2) is 6.87. The summed E-state index contributed by atoms with van der Waals surface area (Å²) in [5.41, 5.74) is 0. The molecule has 1 rings (SSSR count). The van der Waals surface area contributed by atoms with Gasteiger partial charge in [0.05, 0.1) is 6.61 Å². The molecule has 0 aliphatic carbocycles. The van der Waals surface area contributed by atoms with Crippen LogP contribution in [0.2, 0.25) is 0 Å². The smallest absolute Gasteiger partial charge is 0.107 e. The van der Waals surface area contributed by atoms with E-state index in [9.17, 15) is 0 Å². The first-order valence-electron chi connectivity index (χ1n) is 5.97. The van der Waals surface area contributed by atoms with Crippen LogP contribution in [0.5, 0.6) is 0 Å². The van der Waals surface area contributed by atoms with E-state index in [2.05, 4.69) is 24.7 Å². The van der Waals surface area contributed by atoms with Gasteiger partial charge in [-0.1, -0.05) is 19.8 Å². The zero-order valence-corrected chi connectivity index (χ0v) is 10.0. The molecule has 0 saturated carbocycles. The minimum atomic E-state index is 0.447. The number of ether oxygens (including phenoxy) is 1. The van der Waals surface area contributed by atoms with Crippen LogP contribution in [0.1, 0.15) is 26.7 Å². The molecular formula is C13H23NO. The van der Waals surface area contributed by atoms with E-state index in [0.717, 1.165) is 25.0 Å². The molecule has 1 aliphatic rings. The molecule has 0 unspecified atom stereocenters. The second-order valence-electron chi connectivity index (χ2n) is 4.68. The van der Waals surface area contributed by atoms with Gasteiger partial charge in [0.1, 0.15) is 6.61 Å². The van der Waals surface area contributed by atoms with Crippen molar-refractivity contribution in [2.24, 2.45) is 11.8 Å². The lowest BCUT2D eigenvalue weighted by atomic mass is 9.87. The normalized spacial score (nSPS) is 19.3. The Morgan fingerprint density at radius 3 is 2.60 bits per heavy atom. The fraction of sp³-hybridized carbons (Fsp3) is 0.846. The largest absolute Gasteiger partial charge is 0.367 e. The van der Waals surface area contributed by atoms with Crippen LogP contribution < -0.4 is 0 Å². The maximum atomic E-state index is 5.28. The van der Waals surface area contributed by atoms with Crippen molar-refractivity contribution >= 4 is 0 Å². The van der Waals surface area contributed by atoms with Gasteiger partial charge in [0.15, 0.2) is 0 Å². The van der Waals surface area contributed by atoms with Crippen molar-refractivity contribution in [1.29, 1.82) is 0 Å². The van der Waals surface area contributed by atoms with E-state index in [1.165, 1.54) is 25.9 Å². The molecule has 1 saturated heterocycles. The fourth-order valence-corrected chi connectivity index (χ4v) is 2.17. The molecule has 0 aromatic heterocycles. The highest BCUT2D eigenvalue weighted by Crippen LogP contribution is 2.23. The SMILES string of the molecule is C#CCOCCN1CCC(C(C)C)CC1. The molecule has 2 heteroatoms. The predicted molar refractivity (Wildman–Crippen MR) is 63.7 cm³/mol. The van der Waals surface area contributed by atoms with Crippen LogP contribution in [0.25, 0.3) is 0 Å². The third-order valence-corrected chi connectivity index (χ3v) is 3.31. The number of hydrogen-bond donors (Lipinski definition) is 0. The summed E-state index contributed by atoms with van der Waals surface area (Å²) in [7, 11) is 0. The highest BCUT2D eigenvalue weighted by atomic mass is 16.5. The average Bonchev–Trinajstić information content (AvgIpc) is 2.25. The Bertz CT molecular complexity index is 199. The Labute approximate surface area is 94.0 Å². The molecule has 0 bridgehead atoms. The Morgan fingerprint density at radius 2 is 2.07 bits per heavy atom. The van der Waals surface area contributed by atoms with Crippen molar-refractivity contribution in [1.82, 2.24) is 4.90 Å². The van der Waals surface area contributed by atoms with Crippen LogP contribution in [0.4, 0.5) is 0 Å². The molecule has 0 atom stereocenters. The molecule has 0 amide bonds. The minimum Gasteiger partial charge on any atom is -0.367 e. The zero-order valence-electron chi connectivity index (χ0n) is 10.0. The van der Waals surface area contributed by atoms with Crippen LogP contribution >= 0.6 is 0 Å².